The fourth-order valence-electron chi connectivity index (χ4n) is 3.42. The first-order valence-corrected chi connectivity index (χ1v) is 12.8. The molecule has 1 fully saturated rings. The van der Waals surface area contributed by atoms with E-state index in [1.54, 1.807) is 36.4 Å². The van der Waals surface area contributed by atoms with E-state index in [9.17, 15) is 13.2 Å². The SMILES string of the molecule is CCc1nnc(NS(=O)(=O)c2ccc(NC(=O)c3ccc(OC4CCCC4)cc3)cc2)s1. The zero-order chi connectivity index (χ0) is 22.6. The normalized spacial score (nSPS) is 14.3. The van der Waals surface area contributed by atoms with E-state index in [4.69, 9.17) is 4.74 Å². The van der Waals surface area contributed by atoms with Gasteiger partial charge in [-0.1, -0.05) is 18.3 Å². The number of hydrogen-bond donors (Lipinski definition) is 2. The van der Waals surface area contributed by atoms with Crippen LogP contribution >= 0.6 is 11.3 Å². The Labute approximate surface area is 191 Å². The van der Waals surface area contributed by atoms with Crippen LogP contribution in [0.4, 0.5) is 10.8 Å². The fourth-order valence-corrected chi connectivity index (χ4v) is 5.33. The second-order valence-corrected chi connectivity index (χ2v) is 10.2. The lowest BCUT2D eigenvalue weighted by molar-refractivity contribution is 0.102. The number of rotatable bonds is 8. The lowest BCUT2D eigenvalue weighted by atomic mass is 10.2. The van der Waals surface area contributed by atoms with Gasteiger partial charge in [0.15, 0.2) is 0 Å². The van der Waals surface area contributed by atoms with Crippen LogP contribution in [0.1, 0.15) is 48.0 Å². The number of benzene rings is 2. The number of aryl methyl sites for hydroxylation is 1. The summed E-state index contributed by atoms with van der Waals surface area (Å²) in [5.41, 5.74) is 0.981. The van der Waals surface area contributed by atoms with Crippen molar-refractivity contribution in [2.24, 2.45) is 0 Å². The van der Waals surface area contributed by atoms with Gasteiger partial charge in [0.2, 0.25) is 5.13 Å². The average molecular weight is 473 g/mol. The summed E-state index contributed by atoms with van der Waals surface area (Å²) >= 11 is 1.19. The lowest BCUT2D eigenvalue weighted by Gasteiger charge is -2.13. The number of ether oxygens (including phenoxy) is 1. The van der Waals surface area contributed by atoms with Crippen molar-refractivity contribution in [3.8, 4) is 5.75 Å². The molecule has 0 radical (unpaired) electrons. The maximum absolute atomic E-state index is 12.5. The van der Waals surface area contributed by atoms with E-state index in [-0.39, 0.29) is 22.0 Å². The van der Waals surface area contributed by atoms with Gasteiger partial charge in [-0.25, -0.2) is 8.42 Å². The summed E-state index contributed by atoms with van der Waals surface area (Å²) in [5.74, 6) is 0.476. The lowest BCUT2D eigenvalue weighted by Crippen LogP contribution is -2.14. The second kappa shape index (κ2) is 9.66. The van der Waals surface area contributed by atoms with E-state index in [2.05, 4.69) is 20.2 Å². The molecule has 1 saturated carbocycles. The first-order chi connectivity index (χ1) is 15.4. The van der Waals surface area contributed by atoms with Crippen molar-refractivity contribution >= 4 is 38.1 Å². The molecule has 168 valence electrons. The molecule has 1 heterocycles. The summed E-state index contributed by atoms with van der Waals surface area (Å²) in [6.07, 6.45) is 5.49. The standard InChI is InChI=1S/C22H24N4O4S2/c1-2-20-24-25-22(31-20)26-32(28,29)19-13-9-16(10-14-19)23-21(27)15-7-11-18(12-8-15)30-17-5-3-4-6-17/h7-14,17H,2-6H2,1H3,(H,23,27)(H,25,26). The molecule has 1 aromatic heterocycles. The maximum Gasteiger partial charge on any atom is 0.263 e. The highest BCUT2D eigenvalue weighted by molar-refractivity contribution is 7.93. The van der Waals surface area contributed by atoms with E-state index >= 15 is 0 Å². The third-order valence-corrected chi connectivity index (χ3v) is 7.60. The highest BCUT2D eigenvalue weighted by atomic mass is 32.2. The van der Waals surface area contributed by atoms with Gasteiger partial charge in [0.05, 0.1) is 11.0 Å². The smallest absolute Gasteiger partial charge is 0.263 e. The summed E-state index contributed by atoms with van der Waals surface area (Å²) < 4.78 is 33.4. The Morgan fingerprint density at radius 1 is 1.06 bits per heavy atom. The third kappa shape index (κ3) is 5.43. The Kier molecular flexibility index (Phi) is 6.71. The fraction of sp³-hybridized carbons (Fsp3) is 0.318. The molecular weight excluding hydrogens is 448 g/mol. The van der Waals surface area contributed by atoms with E-state index in [0.717, 1.165) is 23.6 Å². The van der Waals surface area contributed by atoms with Crippen molar-refractivity contribution in [1.29, 1.82) is 0 Å². The minimum absolute atomic E-state index is 0.0668. The zero-order valence-corrected chi connectivity index (χ0v) is 19.2. The van der Waals surface area contributed by atoms with Crippen molar-refractivity contribution in [2.75, 3.05) is 10.0 Å². The number of nitrogens with one attached hydrogen (secondary N) is 2. The predicted octanol–water partition coefficient (Wildman–Crippen LogP) is 4.48. The van der Waals surface area contributed by atoms with Crippen molar-refractivity contribution < 1.29 is 17.9 Å². The molecule has 2 N–H and O–H groups in total. The van der Waals surface area contributed by atoms with Gasteiger partial charge in [0.1, 0.15) is 10.8 Å². The number of carbonyl (C=O) groups excluding carboxylic acids is 1. The summed E-state index contributed by atoms with van der Waals surface area (Å²) in [6, 6.07) is 13.0. The van der Waals surface area contributed by atoms with Crippen LogP contribution in [-0.4, -0.2) is 30.6 Å². The van der Waals surface area contributed by atoms with Gasteiger partial charge in [-0.15, -0.1) is 10.2 Å². The third-order valence-electron chi connectivity index (χ3n) is 5.13. The Bertz CT molecular complexity index is 1170. The minimum atomic E-state index is -3.79. The molecule has 0 bridgehead atoms. The molecule has 32 heavy (non-hydrogen) atoms. The molecule has 0 atom stereocenters. The van der Waals surface area contributed by atoms with Gasteiger partial charge >= 0.3 is 0 Å². The van der Waals surface area contributed by atoms with Gasteiger partial charge in [0, 0.05) is 11.3 Å². The average Bonchev–Trinajstić information content (AvgIpc) is 3.46. The quantitative estimate of drug-likeness (QED) is 0.500. The van der Waals surface area contributed by atoms with Crippen molar-refractivity contribution in [2.45, 2.75) is 50.0 Å². The first-order valence-electron chi connectivity index (χ1n) is 10.5. The van der Waals surface area contributed by atoms with E-state index < -0.39 is 10.0 Å². The van der Waals surface area contributed by atoms with E-state index in [1.807, 2.05) is 6.92 Å². The molecular formula is C22H24N4O4S2. The second-order valence-electron chi connectivity index (χ2n) is 7.49. The Balaban J connectivity index is 1.36. The van der Waals surface area contributed by atoms with Gasteiger partial charge in [0.25, 0.3) is 15.9 Å². The molecule has 0 spiro atoms. The van der Waals surface area contributed by atoms with Gasteiger partial charge in [-0.2, -0.15) is 0 Å². The minimum Gasteiger partial charge on any atom is -0.490 e. The monoisotopic (exact) mass is 472 g/mol. The number of hydrogen-bond acceptors (Lipinski definition) is 7. The number of carbonyl (C=O) groups is 1. The van der Waals surface area contributed by atoms with Crippen molar-refractivity contribution in [3.05, 3.63) is 59.1 Å². The number of amides is 1. The van der Waals surface area contributed by atoms with Gasteiger partial charge < -0.3 is 10.1 Å². The number of nitrogens with zero attached hydrogens (tertiary/aromatic N) is 2. The van der Waals surface area contributed by atoms with Crippen LogP contribution in [0.2, 0.25) is 0 Å². The van der Waals surface area contributed by atoms with E-state index in [1.165, 1.54) is 36.3 Å². The van der Waals surface area contributed by atoms with Gasteiger partial charge in [-0.05, 0) is 80.6 Å². The Morgan fingerprint density at radius 2 is 1.75 bits per heavy atom. The molecule has 2 aromatic carbocycles. The van der Waals surface area contributed by atoms with Crippen LogP contribution in [0.25, 0.3) is 0 Å². The topological polar surface area (TPSA) is 110 Å². The Hall–Kier alpha value is -2.98. The van der Waals surface area contributed by atoms with Crippen LogP contribution in [0.15, 0.2) is 53.4 Å². The zero-order valence-electron chi connectivity index (χ0n) is 17.6. The predicted molar refractivity (Wildman–Crippen MR) is 124 cm³/mol. The molecule has 0 unspecified atom stereocenters. The summed E-state index contributed by atoms with van der Waals surface area (Å²) in [6.45, 7) is 1.92. The van der Waals surface area contributed by atoms with E-state index in [0.29, 0.717) is 17.7 Å². The summed E-state index contributed by atoms with van der Waals surface area (Å²) in [5, 5.41) is 11.5. The molecule has 10 heteroatoms. The van der Waals surface area contributed by atoms with Crippen molar-refractivity contribution in [1.82, 2.24) is 10.2 Å². The number of aromatic nitrogens is 2. The molecule has 8 nitrogen and oxygen atoms in total. The van der Waals surface area contributed by atoms with Gasteiger partial charge in [-0.3, -0.25) is 9.52 Å². The summed E-state index contributed by atoms with van der Waals surface area (Å²) in [7, 11) is -3.79. The van der Waals surface area contributed by atoms with Crippen LogP contribution in [-0.2, 0) is 16.4 Å². The maximum atomic E-state index is 12.5. The molecule has 1 amide bonds. The first kappa shape index (κ1) is 22.2. The van der Waals surface area contributed by atoms with Crippen LogP contribution in [0.3, 0.4) is 0 Å². The molecule has 1 aliphatic rings. The summed E-state index contributed by atoms with van der Waals surface area (Å²) in [4.78, 5) is 12.6. The Morgan fingerprint density at radius 3 is 2.38 bits per heavy atom. The molecule has 0 saturated heterocycles. The largest absolute Gasteiger partial charge is 0.490 e. The van der Waals surface area contributed by atoms with Crippen LogP contribution in [0.5, 0.6) is 5.75 Å². The highest BCUT2D eigenvalue weighted by Gasteiger charge is 2.18. The van der Waals surface area contributed by atoms with Crippen LogP contribution in [0, 0.1) is 0 Å². The van der Waals surface area contributed by atoms with Crippen LogP contribution < -0.4 is 14.8 Å². The highest BCUT2D eigenvalue weighted by Crippen LogP contribution is 2.25. The molecule has 3 aromatic rings. The number of sulfonamides is 1. The molecule has 1 aliphatic carbocycles. The molecule has 0 aliphatic heterocycles. The molecule has 4 rings (SSSR count). The van der Waals surface area contributed by atoms with Crippen molar-refractivity contribution in [3.63, 3.8) is 0 Å². The number of anilines is 2.